The van der Waals surface area contributed by atoms with Crippen molar-refractivity contribution >= 4 is 23.2 Å². The highest BCUT2D eigenvalue weighted by Gasteiger charge is 2.43. The molecule has 1 aromatic rings. The molecule has 3 atom stereocenters. The molecular weight excluding hydrogens is 245 g/mol. The summed E-state index contributed by atoms with van der Waals surface area (Å²) in [6.45, 7) is 2.12. The van der Waals surface area contributed by atoms with Gasteiger partial charge in [0.2, 0.25) is 0 Å². The largest absolute Gasteiger partial charge is 0.305 e. The van der Waals surface area contributed by atoms with E-state index >= 15 is 0 Å². The van der Waals surface area contributed by atoms with Gasteiger partial charge in [-0.15, -0.1) is 0 Å². The summed E-state index contributed by atoms with van der Waals surface area (Å²) in [5.41, 5.74) is 4.16. The molecule has 2 rings (SSSR count). The summed E-state index contributed by atoms with van der Waals surface area (Å²) in [5.74, 6) is 1.13. The average Bonchev–Trinajstić information content (AvgIpc) is 2.98. The van der Waals surface area contributed by atoms with Gasteiger partial charge >= 0.3 is 0 Å². The first-order valence-electron chi connectivity index (χ1n) is 5.37. The Hall–Kier alpha value is -0.280. The fourth-order valence-corrected chi connectivity index (χ4v) is 2.75. The number of benzene rings is 1. The molecule has 1 saturated carbocycles. The van der Waals surface area contributed by atoms with Crippen LogP contribution in [0.15, 0.2) is 18.2 Å². The van der Waals surface area contributed by atoms with E-state index in [-0.39, 0.29) is 0 Å². The van der Waals surface area contributed by atoms with Gasteiger partial charge in [0.25, 0.3) is 0 Å². The van der Waals surface area contributed by atoms with Gasteiger partial charge in [0, 0.05) is 16.1 Å². The van der Waals surface area contributed by atoms with Crippen molar-refractivity contribution in [3.05, 3.63) is 33.8 Å². The van der Waals surface area contributed by atoms with Gasteiger partial charge in [-0.25, -0.2) is 0 Å². The standard InChI is InChI=1S/C12H15Cl2NO/c1-7(15-16-2)10-6-11(10)9-4-3-8(13)5-12(9)14/h3-5,7,10-11,15H,6H2,1-2H3/t7?,10-,11?/m1/s1. The summed E-state index contributed by atoms with van der Waals surface area (Å²) in [6.07, 6.45) is 1.15. The topological polar surface area (TPSA) is 21.3 Å². The van der Waals surface area contributed by atoms with E-state index in [9.17, 15) is 0 Å². The Morgan fingerprint density at radius 1 is 1.44 bits per heavy atom. The monoisotopic (exact) mass is 259 g/mol. The minimum Gasteiger partial charge on any atom is -0.305 e. The molecule has 1 fully saturated rings. The highest BCUT2D eigenvalue weighted by molar-refractivity contribution is 6.35. The first-order chi connectivity index (χ1) is 7.63. The molecule has 88 valence electrons. The molecule has 1 aliphatic rings. The number of hydrogen-bond donors (Lipinski definition) is 1. The van der Waals surface area contributed by atoms with Gasteiger partial charge in [0.05, 0.1) is 7.11 Å². The first kappa shape index (κ1) is 12.2. The van der Waals surface area contributed by atoms with Crippen LogP contribution < -0.4 is 5.48 Å². The Bertz CT molecular complexity index is 383. The molecule has 0 bridgehead atoms. The highest BCUT2D eigenvalue weighted by atomic mass is 35.5. The zero-order valence-corrected chi connectivity index (χ0v) is 10.8. The van der Waals surface area contributed by atoms with E-state index < -0.39 is 0 Å². The SMILES string of the molecule is CONC(C)[C@H]1CC1c1ccc(Cl)cc1Cl. The lowest BCUT2D eigenvalue weighted by atomic mass is 10.1. The molecule has 1 aliphatic carbocycles. The lowest BCUT2D eigenvalue weighted by molar-refractivity contribution is 0.0591. The van der Waals surface area contributed by atoms with Crippen LogP contribution in [0.5, 0.6) is 0 Å². The lowest BCUT2D eigenvalue weighted by Crippen LogP contribution is -2.27. The second-order valence-corrected chi connectivity index (χ2v) is 5.13. The van der Waals surface area contributed by atoms with E-state index in [1.807, 2.05) is 18.2 Å². The van der Waals surface area contributed by atoms with Crippen molar-refractivity contribution in [1.29, 1.82) is 0 Å². The fraction of sp³-hybridized carbons (Fsp3) is 0.500. The Balaban J connectivity index is 2.05. The van der Waals surface area contributed by atoms with Crippen molar-refractivity contribution in [3.63, 3.8) is 0 Å². The van der Waals surface area contributed by atoms with Crippen LogP contribution in [0.1, 0.15) is 24.8 Å². The van der Waals surface area contributed by atoms with Gasteiger partial charge < -0.3 is 4.84 Å². The second-order valence-electron chi connectivity index (χ2n) is 4.28. The minimum atomic E-state index is 0.349. The normalized spacial score (nSPS) is 25.5. The molecule has 0 heterocycles. The van der Waals surface area contributed by atoms with E-state index in [2.05, 4.69) is 12.4 Å². The van der Waals surface area contributed by atoms with E-state index in [1.54, 1.807) is 7.11 Å². The van der Waals surface area contributed by atoms with Crippen molar-refractivity contribution in [2.45, 2.75) is 25.3 Å². The third kappa shape index (κ3) is 2.51. The van der Waals surface area contributed by atoms with Crippen LogP contribution in [0.3, 0.4) is 0 Å². The Kier molecular flexibility index (Phi) is 3.75. The maximum absolute atomic E-state index is 6.18. The molecule has 0 spiro atoms. The summed E-state index contributed by atoms with van der Waals surface area (Å²) >= 11 is 12.0. The molecule has 0 aromatic heterocycles. The zero-order valence-electron chi connectivity index (χ0n) is 9.34. The van der Waals surface area contributed by atoms with Gasteiger partial charge in [0.1, 0.15) is 0 Å². The van der Waals surface area contributed by atoms with Crippen molar-refractivity contribution in [3.8, 4) is 0 Å². The van der Waals surface area contributed by atoms with Crippen LogP contribution >= 0.6 is 23.2 Å². The molecule has 16 heavy (non-hydrogen) atoms. The van der Waals surface area contributed by atoms with Gasteiger partial charge in [0.15, 0.2) is 0 Å². The molecular formula is C12H15Cl2NO. The maximum Gasteiger partial charge on any atom is 0.0572 e. The molecule has 2 unspecified atom stereocenters. The summed E-state index contributed by atoms with van der Waals surface area (Å²) in [6, 6.07) is 6.07. The van der Waals surface area contributed by atoms with Crippen LogP contribution in [-0.4, -0.2) is 13.2 Å². The van der Waals surface area contributed by atoms with Crippen LogP contribution in [0.25, 0.3) is 0 Å². The molecule has 0 saturated heterocycles. The lowest BCUT2D eigenvalue weighted by Gasteiger charge is -2.11. The van der Waals surface area contributed by atoms with E-state index in [4.69, 9.17) is 28.0 Å². The van der Waals surface area contributed by atoms with Crippen molar-refractivity contribution in [1.82, 2.24) is 5.48 Å². The fourth-order valence-electron chi connectivity index (χ4n) is 2.20. The third-order valence-electron chi connectivity index (χ3n) is 3.15. The summed E-state index contributed by atoms with van der Waals surface area (Å²) < 4.78 is 0. The molecule has 0 aliphatic heterocycles. The molecule has 2 nitrogen and oxygen atoms in total. The number of hydrogen-bond acceptors (Lipinski definition) is 2. The van der Waals surface area contributed by atoms with Crippen molar-refractivity contribution in [2.24, 2.45) is 5.92 Å². The second kappa shape index (κ2) is 4.92. The van der Waals surface area contributed by atoms with E-state index in [1.165, 1.54) is 5.56 Å². The van der Waals surface area contributed by atoms with E-state index in [0.717, 1.165) is 11.4 Å². The van der Waals surface area contributed by atoms with Crippen LogP contribution in [0, 0.1) is 5.92 Å². The van der Waals surface area contributed by atoms with Crippen molar-refractivity contribution < 1.29 is 4.84 Å². The van der Waals surface area contributed by atoms with Gasteiger partial charge in [-0.05, 0) is 42.9 Å². The predicted octanol–water partition coefficient (Wildman–Crippen LogP) is 3.64. The smallest absolute Gasteiger partial charge is 0.0572 e. The quantitative estimate of drug-likeness (QED) is 0.834. The zero-order chi connectivity index (χ0) is 11.7. The number of nitrogens with one attached hydrogen (secondary N) is 1. The highest BCUT2D eigenvalue weighted by Crippen LogP contribution is 2.51. The van der Waals surface area contributed by atoms with Crippen LogP contribution in [-0.2, 0) is 4.84 Å². The van der Waals surface area contributed by atoms with Crippen molar-refractivity contribution in [2.75, 3.05) is 7.11 Å². The van der Waals surface area contributed by atoms with E-state index in [0.29, 0.717) is 22.9 Å². The van der Waals surface area contributed by atoms with Gasteiger partial charge in [-0.1, -0.05) is 29.3 Å². The Morgan fingerprint density at radius 3 is 2.81 bits per heavy atom. The molecule has 1 aromatic carbocycles. The molecule has 1 N–H and O–H groups in total. The average molecular weight is 260 g/mol. The van der Waals surface area contributed by atoms with Crippen LogP contribution in [0.2, 0.25) is 10.0 Å². The maximum atomic E-state index is 6.18. The minimum absolute atomic E-state index is 0.349. The Labute approximate surface area is 106 Å². The molecule has 0 radical (unpaired) electrons. The van der Waals surface area contributed by atoms with Crippen LogP contribution in [0.4, 0.5) is 0 Å². The molecule has 0 amide bonds. The summed E-state index contributed by atoms with van der Waals surface area (Å²) in [4.78, 5) is 4.93. The Morgan fingerprint density at radius 2 is 2.19 bits per heavy atom. The number of hydroxylamine groups is 1. The number of rotatable bonds is 4. The van der Waals surface area contributed by atoms with Gasteiger partial charge in [-0.3, -0.25) is 0 Å². The summed E-state index contributed by atoms with van der Waals surface area (Å²) in [5, 5.41) is 1.46. The third-order valence-corrected chi connectivity index (χ3v) is 3.71. The number of halogens is 2. The summed E-state index contributed by atoms with van der Waals surface area (Å²) in [7, 11) is 1.64. The first-order valence-corrected chi connectivity index (χ1v) is 6.12. The molecule has 4 heteroatoms. The predicted molar refractivity (Wildman–Crippen MR) is 66.9 cm³/mol. The van der Waals surface area contributed by atoms with Gasteiger partial charge in [-0.2, -0.15) is 5.48 Å².